The summed E-state index contributed by atoms with van der Waals surface area (Å²) in [5, 5.41) is 17.1. The van der Waals surface area contributed by atoms with Crippen LogP contribution in [0.2, 0.25) is 0 Å². The molecule has 5 heteroatoms. The van der Waals surface area contributed by atoms with Gasteiger partial charge >= 0.3 is 5.97 Å². The third-order valence-electron chi connectivity index (χ3n) is 4.69. The van der Waals surface area contributed by atoms with Crippen LogP contribution in [0.3, 0.4) is 0 Å². The van der Waals surface area contributed by atoms with E-state index in [0.29, 0.717) is 11.7 Å². The van der Waals surface area contributed by atoms with Gasteiger partial charge < -0.3 is 10.4 Å². The van der Waals surface area contributed by atoms with Gasteiger partial charge in [0.15, 0.2) is 0 Å². The Labute approximate surface area is 136 Å². The van der Waals surface area contributed by atoms with Gasteiger partial charge in [-0.2, -0.15) is 5.10 Å². The highest BCUT2D eigenvalue weighted by Gasteiger charge is 2.33. The fraction of sp³-hybridized carbons (Fsp3) is 0.444. The summed E-state index contributed by atoms with van der Waals surface area (Å²) in [5.41, 5.74) is 2.74. The third kappa shape index (κ3) is 2.83. The van der Waals surface area contributed by atoms with Crippen LogP contribution in [0.4, 0.5) is 5.82 Å². The monoisotopic (exact) mass is 313 g/mol. The molecule has 2 atom stereocenters. The number of fused-ring (bicyclic) bond motifs is 1. The van der Waals surface area contributed by atoms with E-state index in [2.05, 4.69) is 55.5 Å². The number of aryl methyl sites for hydroxylation is 1. The minimum atomic E-state index is -0.941. The number of hydrogen-bond acceptors (Lipinski definition) is 3. The van der Waals surface area contributed by atoms with E-state index in [0.717, 1.165) is 12.8 Å². The average molecular weight is 313 g/mol. The van der Waals surface area contributed by atoms with E-state index in [-0.39, 0.29) is 17.6 Å². The molecule has 0 unspecified atom stereocenters. The molecular weight excluding hydrogens is 290 g/mol. The summed E-state index contributed by atoms with van der Waals surface area (Å²) < 4.78 is 1.84. The van der Waals surface area contributed by atoms with Gasteiger partial charge in [-0.15, -0.1) is 0 Å². The molecular formula is C18H23N3O2. The van der Waals surface area contributed by atoms with Gasteiger partial charge in [-0.1, -0.05) is 45.0 Å². The van der Waals surface area contributed by atoms with Crippen molar-refractivity contribution in [3.8, 4) is 0 Å². The molecule has 5 nitrogen and oxygen atoms in total. The molecule has 2 N–H and O–H groups in total. The minimum absolute atomic E-state index is 0.107. The molecule has 0 spiro atoms. The Morgan fingerprint density at radius 2 is 2.09 bits per heavy atom. The number of rotatable bonds is 4. The molecule has 0 bridgehead atoms. The van der Waals surface area contributed by atoms with Crippen molar-refractivity contribution in [1.82, 2.24) is 9.78 Å². The number of carboxylic acid groups (broad SMARTS) is 1. The van der Waals surface area contributed by atoms with E-state index in [1.54, 1.807) is 0 Å². The summed E-state index contributed by atoms with van der Waals surface area (Å²) >= 11 is 0. The quantitative estimate of drug-likeness (QED) is 0.898. The zero-order chi connectivity index (χ0) is 16.6. The van der Waals surface area contributed by atoms with Gasteiger partial charge in [0.05, 0.1) is 18.3 Å². The molecule has 3 rings (SSSR count). The molecule has 0 fully saturated rings. The lowest BCUT2D eigenvalue weighted by molar-refractivity contribution is 0.0697. The maximum absolute atomic E-state index is 11.4. The number of hydrogen-bond donors (Lipinski definition) is 2. The highest BCUT2D eigenvalue weighted by Crippen LogP contribution is 2.39. The van der Waals surface area contributed by atoms with Crippen molar-refractivity contribution in [1.29, 1.82) is 0 Å². The zero-order valence-electron chi connectivity index (χ0n) is 13.8. The van der Waals surface area contributed by atoms with Gasteiger partial charge in [0.1, 0.15) is 11.4 Å². The number of nitrogens with one attached hydrogen (secondary N) is 1. The van der Waals surface area contributed by atoms with Crippen molar-refractivity contribution in [2.45, 2.75) is 45.7 Å². The number of aromatic carboxylic acids is 1. The lowest BCUT2D eigenvalue weighted by atomic mass is 9.90. The highest BCUT2D eigenvalue weighted by atomic mass is 16.4. The third-order valence-corrected chi connectivity index (χ3v) is 4.69. The summed E-state index contributed by atoms with van der Waals surface area (Å²) in [4.78, 5) is 11.4. The van der Waals surface area contributed by atoms with Crippen LogP contribution in [0.25, 0.3) is 0 Å². The smallest absolute Gasteiger partial charge is 0.341 e. The average Bonchev–Trinajstić information content (AvgIpc) is 2.98. The molecule has 1 aromatic heterocycles. The van der Waals surface area contributed by atoms with Crippen LogP contribution >= 0.6 is 0 Å². The van der Waals surface area contributed by atoms with Crippen LogP contribution < -0.4 is 5.32 Å². The van der Waals surface area contributed by atoms with Gasteiger partial charge in [0.2, 0.25) is 0 Å². The molecule has 2 aromatic rings. The Bertz CT molecular complexity index is 704. The minimum Gasteiger partial charge on any atom is -0.477 e. The maximum atomic E-state index is 11.4. The van der Waals surface area contributed by atoms with Crippen molar-refractivity contribution < 1.29 is 9.90 Å². The van der Waals surface area contributed by atoms with Crippen molar-refractivity contribution in [3.05, 3.63) is 47.2 Å². The number of anilines is 1. The fourth-order valence-electron chi connectivity index (χ4n) is 3.24. The van der Waals surface area contributed by atoms with Crippen LogP contribution in [0, 0.1) is 5.92 Å². The summed E-state index contributed by atoms with van der Waals surface area (Å²) in [6, 6.07) is 8.86. The second kappa shape index (κ2) is 6.07. The predicted molar refractivity (Wildman–Crippen MR) is 89.9 cm³/mol. The molecule has 1 aliphatic rings. The molecule has 0 amide bonds. The topological polar surface area (TPSA) is 67.2 Å². The Kier molecular flexibility index (Phi) is 4.11. The fourth-order valence-corrected chi connectivity index (χ4v) is 3.24. The second-order valence-electron chi connectivity index (χ2n) is 6.50. The summed E-state index contributed by atoms with van der Waals surface area (Å²) in [7, 11) is 0. The van der Waals surface area contributed by atoms with E-state index in [1.807, 2.05) is 4.68 Å². The van der Waals surface area contributed by atoms with E-state index in [1.165, 1.54) is 17.3 Å². The normalized spacial score (nSPS) is 20.2. The number of nitrogens with zero attached hydrogens (tertiary/aromatic N) is 2. The first kappa shape index (κ1) is 15.6. The maximum Gasteiger partial charge on any atom is 0.341 e. The first-order chi connectivity index (χ1) is 11.0. The Balaban J connectivity index is 1.98. The molecule has 1 aromatic carbocycles. The van der Waals surface area contributed by atoms with Crippen LogP contribution in [0.1, 0.15) is 60.8 Å². The molecule has 0 radical (unpaired) electrons. The standard InChI is InChI=1S/C18H23N3O2/c1-4-12-5-7-13(8-6-12)15-9-16(11(2)3)21-17(20-15)14(10-19-21)18(22)23/h5-8,10-11,15-16,20H,4,9H2,1-3H3,(H,22,23)/t15-,16+/m1/s1. The van der Waals surface area contributed by atoms with Crippen molar-refractivity contribution in [2.75, 3.05) is 5.32 Å². The van der Waals surface area contributed by atoms with Gasteiger partial charge in [0, 0.05) is 0 Å². The van der Waals surface area contributed by atoms with Crippen molar-refractivity contribution >= 4 is 11.8 Å². The number of aromatic nitrogens is 2. The van der Waals surface area contributed by atoms with Gasteiger partial charge in [-0.05, 0) is 29.9 Å². The van der Waals surface area contributed by atoms with Crippen LogP contribution in [-0.4, -0.2) is 20.9 Å². The van der Waals surface area contributed by atoms with E-state index < -0.39 is 5.97 Å². The van der Waals surface area contributed by atoms with Crippen molar-refractivity contribution in [3.63, 3.8) is 0 Å². The van der Waals surface area contributed by atoms with Crippen molar-refractivity contribution in [2.24, 2.45) is 5.92 Å². The lowest BCUT2D eigenvalue weighted by Gasteiger charge is -2.35. The molecule has 2 heterocycles. The van der Waals surface area contributed by atoms with Crippen LogP contribution in [0.15, 0.2) is 30.5 Å². The van der Waals surface area contributed by atoms with Crippen LogP contribution in [0.5, 0.6) is 0 Å². The predicted octanol–water partition coefficient (Wildman–Crippen LogP) is 3.90. The summed E-state index contributed by atoms with van der Waals surface area (Å²) in [6.45, 7) is 6.44. The van der Waals surface area contributed by atoms with E-state index in [4.69, 9.17) is 0 Å². The number of carbonyl (C=O) groups is 1. The Morgan fingerprint density at radius 3 is 2.65 bits per heavy atom. The number of benzene rings is 1. The van der Waals surface area contributed by atoms with Gasteiger partial charge in [0.25, 0.3) is 0 Å². The lowest BCUT2D eigenvalue weighted by Crippen LogP contribution is -2.30. The highest BCUT2D eigenvalue weighted by molar-refractivity contribution is 5.93. The first-order valence-electron chi connectivity index (χ1n) is 8.17. The van der Waals surface area contributed by atoms with Gasteiger partial charge in [-0.25, -0.2) is 9.48 Å². The SMILES string of the molecule is CCc1ccc([C@H]2C[C@@H](C(C)C)n3ncc(C(=O)O)c3N2)cc1. The molecule has 122 valence electrons. The second-order valence-corrected chi connectivity index (χ2v) is 6.50. The number of carboxylic acids is 1. The largest absolute Gasteiger partial charge is 0.477 e. The first-order valence-corrected chi connectivity index (χ1v) is 8.17. The molecule has 1 aliphatic heterocycles. The molecule has 23 heavy (non-hydrogen) atoms. The zero-order valence-corrected chi connectivity index (χ0v) is 13.8. The molecule has 0 aliphatic carbocycles. The Morgan fingerprint density at radius 1 is 1.39 bits per heavy atom. The van der Waals surface area contributed by atoms with E-state index >= 15 is 0 Å². The van der Waals surface area contributed by atoms with Crippen LogP contribution in [-0.2, 0) is 6.42 Å². The molecule has 0 saturated carbocycles. The summed E-state index contributed by atoms with van der Waals surface area (Å²) in [5.74, 6) is 0.0602. The Hall–Kier alpha value is -2.30. The summed E-state index contributed by atoms with van der Waals surface area (Å²) in [6.07, 6.45) is 3.36. The van der Waals surface area contributed by atoms with E-state index in [9.17, 15) is 9.90 Å². The van der Waals surface area contributed by atoms with Gasteiger partial charge in [-0.3, -0.25) is 0 Å². The molecule has 0 saturated heterocycles.